The normalized spacial score (nSPS) is 11.7. The summed E-state index contributed by atoms with van der Waals surface area (Å²) < 4.78 is 55.2. The van der Waals surface area contributed by atoms with Crippen molar-refractivity contribution in [2.24, 2.45) is 5.92 Å². The zero-order valence-electron chi connectivity index (χ0n) is 47.9. The standard InChI is InChI=1S/C65H92O12/c1-8-14-19-24-41-69-57-37-31-51(61(71-42-25-20-15-9-2)63(57)73-44-27-22-17-11-4)33-39-59(66)76-55-35-29-54-49-56(36-30-53(54)48-55)77-60(67)40-34-52-32-38-58(70-46-47-75-65(68)50(7)13-6)64(74-45-28-23-18-12-5)62(52)72-43-26-21-16-10-3/h29-40,48-50H,8-28,41-47H2,1-7H3. The van der Waals surface area contributed by atoms with Gasteiger partial charge >= 0.3 is 17.9 Å². The highest BCUT2D eigenvalue weighted by Crippen LogP contribution is 2.43. The van der Waals surface area contributed by atoms with Crippen LogP contribution in [0.3, 0.4) is 0 Å². The third-order valence-corrected chi connectivity index (χ3v) is 13.1. The number of rotatable bonds is 42. The predicted molar refractivity (Wildman–Crippen MR) is 310 cm³/mol. The maximum Gasteiger partial charge on any atom is 0.336 e. The van der Waals surface area contributed by atoms with E-state index < -0.39 is 11.9 Å². The van der Waals surface area contributed by atoms with Gasteiger partial charge in [0.15, 0.2) is 23.0 Å². The van der Waals surface area contributed by atoms with E-state index in [0.29, 0.717) is 96.6 Å². The fourth-order valence-electron chi connectivity index (χ4n) is 8.25. The first-order chi connectivity index (χ1) is 37.6. The Kier molecular flexibility index (Phi) is 31.6. The minimum absolute atomic E-state index is 0.0977. The van der Waals surface area contributed by atoms with Gasteiger partial charge in [0, 0.05) is 23.3 Å². The van der Waals surface area contributed by atoms with E-state index in [1.54, 1.807) is 42.5 Å². The van der Waals surface area contributed by atoms with Crippen LogP contribution in [-0.4, -0.2) is 64.2 Å². The van der Waals surface area contributed by atoms with Gasteiger partial charge in [-0.25, -0.2) is 9.59 Å². The predicted octanol–water partition coefficient (Wildman–Crippen LogP) is 16.8. The third-order valence-electron chi connectivity index (χ3n) is 13.1. The molecule has 4 aromatic rings. The van der Waals surface area contributed by atoms with E-state index >= 15 is 0 Å². The minimum atomic E-state index is -0.582. The number of fused-ring (bicyclic) bond motifs is 1. The Morgan fingerprint density at radius 1 is 0.403 bits per heavy atom. The summed E-state index contributed by atoms with van der Waals surface area (Å²) >= 11 is 0. The molecule has 0 aliphatic heterocycles. The van der Waals surface area contributed by atoms with Gasteiger partial charge in [-0.05, 0) is 110 Å². The SMILES string of the molecule is CCCCCCOc1ccc(C=CC(=O)Oc2ccc3cc(OC(=O)C=Cc4ccc(OCCOC(=O)C(C)CC)c(OCCCCCC)c4OCCCCCC)ccc3c2)c(OCCCCCC)c1OCCCCCC. The summed E-state index contributed by atoms with van der Waals surface area (Å²) in [6.07, 6.45) is 27.9. The molecule has 0 aromatic heterocycles. The molecule has 12 nitrogen and oxygen atoms in total. The first-order valence-corrected chi connectivity index (χ1v) is 29.3. The van der Waals surface area contributed by atoms with E-state index in [-0.39, 0.29) is 25.1 Å². The van der Waals surface area contributed by atoms with Crippen LogP contribution in [0.1, 0.15) is 194 Å². The Morgan fingerprint density at radius 3 is 1.14 bits per heavy atom. The van der Waals surface area contributed by atoms with Gasteiger partial charge in [-0.3, -0.25) is 4.79 Å². The number of ether oxygens (including phenoxy) is 9. The number of benzene rings is 4. The fraction of sp³-hybridized carbons (Fsp3) is 0.554. The molecule has 0 aliphatic rings. The van der Waals surface area contributed by atoms with Gasteiger partial charge < -0.3 is 42.6 Å². The van der Waals surface area contributed by atoms with E-state index in [4.69, 9.17) is 42.6 Å². The lowest BCUT2D eigenvalue weighted by molar-refractivity contribution is -0.148. The highest BCUT2D eigenvalue weighted by Gasteiger charge is 2.21. The average Bonchev–Trinajstić information content (AvgIpc) is 3.44. The van der Waals surface area contributed by atoms with Crippen LogP contribution in [0.5, 0.6) is 46.0 Å². The molecule has 0 heterocycles. The summed E-state index contributed by atoms with van der Waals surface area (Å²) in [7, 11) is 0. The number of carbonyl (C=O) groups is 3. The molecule has 0 fully saturated rings. The fourth-order valence-corrected chi connectivity index (χ4v) is 8.25. The van der Waals surface area contributed by atoms with Crippen LogP contribution in [0.25, 0.3) is 22.9 Å². The zero-order chi connectivity index (χ0) is 55.3. The van der Waals surface area contributed by atoms with Gasteiger partial charge in [0.05, 0.1) is 39.0 Å². The van der Waals surface area contributed by atoms with Gasteiger partial charge in [-0.2, -0.15) is 0 Å². The number of unbranched alkanes of at least 4 members (excludes halogenated alkanes) is 15. The molecule has 0 spiro atoms. The van der Waals surface area contributed by atoms with Gasteiger partial charge in [0.2, 0.25) is 11.5 Å². The molecule has 77 heavy (non-hydrogen) atoms. The largest absolute Gasteiger partial charge is 0.490 e. The summed E-state index contributed by atoms with van der Waals surface area (Å²) in [5, 5.41) is 1.58. The van der Waals surface area contributed by atoms with E-state index in [1.165, 1.54) is 18.6 Å². The number of hydrogen-bond donors (Lipinski definition) is 0. The second-order valence-corrected chi connectivity index (χ2v) is 19.7. The quantitative estimate of drug-likeness (QED) is 0.0181. The topological polar surface area (TPSA) is 134 Å². The summed E-state index contributed by atoms with van der Waals surface area (Å²) in [5.41, 5.74) is 1.33. The second-order valence-electron chi connectivity index (χ2n) is 19.7. The number of carbonyl (C=O) groups excluding carboxylic acids is 3. The highest BCUT2D eigenvalue weighted by atomic mass is 16.6. The molecule has 0 saturated heterocycles. The first-order valence-electron chi connectivity index (χ1n) is 29.3. The van der Waals surface area contributed by atoms with Gasteiger partial charge in [-0.15, -0.1) is 0 Å². The summed E-state index contributed by atoms with van der Waals surface area (Å²) in [6.45, 7) is 17.5. The van der Waals surface area contributed by atoms with Gasteiger partial charge in [-0.1, -0.05) is 157 Å². The smallest absolute Gasteiger partial charge is 0.336 e. The van der Waals surface area contributed by atoms with Crippen molar-refractivity contribution in [3.8, 4) is 46.0 Å². The molecule has 0 aliphatic carbocycles. The first kappa shape index (κ1) is 63.4. The molecular formula is C65H92O12. The van der Waals surface area contributed by atoms with Crippen molar-refractivity contribution >= 4 is 40.8 Å². The monoisotopic (exact) mass is 1060 g/mol. The Morgan fingerprint density at radius 2 is 0.766 bits per heavy atom. The lowest BCUT2D eigenvalue weighted by Crippen LogP contribution is -2.18. The van der Waals surface area contributed by atoms with Crippen molar-refractivity contribution in [1.82, 2.24) is 0 Å². The molecule has 1 atom stereocenters. The molecule has 12 heteroatoms. The number of esters is 3. The van der Waals surface area contributed by atoms with Crippen LogP contribution in [0.2, 0.25) is 0 Å². The Hall–Kier alpha value is -6.17. The molecule has 0 amide bonds. The highest BCUT2D eigenvalue weighted by molar-refractivity contribution is 5.93. The van der Waals surface area contributed by atoms with E-state index in [1.807, 2.05) is 44.2 Å². The van der Waals surface area contributed by atoms with Crippen molar-refractivity contribution in [2.75, 3.05) is 46.2 Å². The molecule has 0 radical (unpaired) electrons. The van der Waals surface area contributed by atoms with E-state index in [2.05, 4.69) is 34.6 Å². The average molecular weight is 1070 g/mol. The molecule has 0 bridgehead atoms. The van der Waals surface area contributed by atoms with E-state index in [9.17, 15) is 14.4 Å². The molecular weight excluding hydrogens is 973 g/mol. The summed E-state index contributed by atoms with van der Waals surface area (Å²) in [6, 6.07) is 18.0. The van der Waals surface area contributed by atoms with E-state index in [0.717, 1.165) is 133 Å². The van der Waals surface area contributed by atoms with Crippen LogP contribution < -0.4 is 37.9 Å². The Labute approximate surface area is 461 Å². The van der Waals surface area contributed by atoms with Crippen molar-refractivity contribution in [1.29, 1.82) is 0 Å². The maximum absolute atomic E-state index is 13.4. The molecule has 4 rings (SSSR count). The van der Waals surface area contributed by atoms with Crippen LogP contribution in [0.15, 0.2) is 72.8 Å². The van der Waals surface area contributed by atoms with Crippen LogP contribution in [0.4, 0.5) is 0 Å². The van der Waals surface area contributed by atoms with Gasteiger partial charge in [0.1, 0.15) is 24.7 Å². The van der Waals surface area contributed by atoms with Gasteiger partial charge in [0.25, 0.3) is 0 Å². The molecule has 0 N–H and O–H groups in total. The number of hydrogen-bond acceptors (Lipinski definition) is 12. The minimum Gasteiger partial charge on any atom is -0.490 e. The lowest BCUT2D eigenvalue weighted by Gasteiger charge is -2.19. The Bertz CT molecular complexity index is 2390. The maximum atomic E-state index is 13.4. The van der Waals surface area contributed by atoms with Crippen LogP contribution in [-0.2, 0) is 19.1 Å². The third kappa shape index (κ3) is 23.9. The molecule has 424 valence electrons. The van der Waals surface area contributed by atoms with Crippen LogP contribution >= 0.6 is 0 Å². The van der Waals surface area contributed by atoms with Crippen LogP contribution in [0, 0.1) is 5.92 Å². The lowest BCUT2D eigenvalue weighted by atomic mass is 10.1. The summed E-state index contributed by atoms with van der Waals surface area (Å²) in [5.74, 6) is 2.31. The van der Waals surface area contributed by atoms with Crippen molar-refractivity contribution in [2.45, 2.75) is 183 Å². The molecule has 1 unspecified atom stereocenters. The summed E-state index contributed by atoms with van der Waals surface area (Å²) in [4.78, 5) is 39.1. The van der Waals surface area contributed by atoms with Crippen molar-refractivity contribution in [3.63, 3.8) is 0 Å². The molecule has 0 saturated carbocycles. The molecule has 4 aromatic carbocycles. The second kappa shape index (κ2) is 38.4. The zero-order valence-corrected chi connectivity index (χ0v) is 47.9. The Balaban J connectivity index is 1.50. The van der Waals surface area contributed by atoms with Crippen molar-refractivity contribution < 1.29 is 57.0 Å². The van der Waals surface area contributed by atoms with Crippen molar-refractivity contribution in [3.05, 3.63) is 83.9 Å².